The predicted octanol–water partition coefficient (Wildman–Crippen LogP) is 0.384. The fourth-order valence-electron chi connectivity index (χ4n) is 2.90. The normalized spacial score (nSPS) is 14.4. The molecule has 2 aromatic heterocycles. The van der Waals surface area contributed by atoms with E-state index in [2.05, 4.69) is 22.4 Å². The molecule has 0 saturated heterocycles. The van der Waals surface area contributed by atoms with Crippen molar-refractivity contribution in [3.8, 4) is 0 Å². The summed E-state index contributed by atoms with van der Waals surface area (Å²) in [5.41, 5.74) is 1.73. The van der Waals surface area contributed by atoms with Gasteiger partial charge in [0.1, 0.15) is 5.82 Å². The van der Waals surface area contributed by atoms with Gasteiger partial charge < -0.3 is 5.32 Å². The maximum absolute atomic E-state index is 12.3. The van der Waals surface area contributed by atoms with Gasteiger partial charge in [-0.05, 0) is 12.0 Å². The lowest BCUT2D eigenvalue weighted by Gasteiger charge is -2.27. The molecule has 0 spiro atoms. The summed E-state index contributed by atoms with van der Waals surface area (Å²) >= 11 is 0. The molecule has 24 heavy (non-hydrogen) atoms. The van der Waals surface area contributed by atoms with Crippen LogP contribution in [0.1, 0.15) is 24.6 Å². The van der Waals surface area contributed by atoms with Crippen molar-refractivity contribution in [3.05, 3.63) is 39.9 Å². The van der Waals surface area contributed by atoms with Crippen LogP contribution >= 0.6 is 0 Å². The molecule has 1 N–H and O–H groups in total. The average molecular weight is 330 g/mol. The molecule has 1 amide bonds. The van der Waals surface area contributed by atoms with E-state index >= 15 is 0 Å². The van der Waals surface area contributed by atoms with Crippen molar-refractivity contribution < 1.29 is 4.79 Å². The predicted molar refractivity (Wildman–Crippen MR) is 89.6 cm³/mol. The van der Waals surface area contributed by atoms with Crippen LogP contribution in [0, 0.1) is 0 Å². The van der Waals surface area contributed by atoms with Crippen LogP contribution in [-0.4, -0.2) is 43.5 Å². The van der Waals surface area contributed by atoms with Gasteiger partial charge in [0.05, 0.1) is 18.4 Å². The fourth-order valence-corrected chi connectivity index (χ4v) is 2.90. The number of carbonyl (C=O) groups is 1. The molecule has 8 nitrogen and oxygen atoms in total. The first-order valence-corrected chi connectivity index (χ1v) is 8.17. The first-order chi connectivity index (χ1) is 11.6. The van der Waals surface area contributed by atoms with Gasteiger partial charge in [-0.3, -0.25) is 14.5 Å². The van der Waals surface area contributed by atoms with E-state index < -0.39 is 0 Å². The molecule has 0 atom stereocenters. The summed E-state index contributed by atoms with van der Waals surface area (Å²) in [6, 6.07) is 3.41. The average Bonchev–Trinajstić information content (AvgIpc) is 2.96. The smallest absolute Gasteiger partial charge is 0.266 e. The zero-order chi connectivity index (χ0) is 17.1. The lowest BCUT2D eigenvalue weighted by Crippen LogP contribution is -2.39. The Kier molecular flexibility index (Phi) is 4.75. The third kappa shape index (κ3) is 3.53. The van der Waals surface area contributed by atoms with Crippen LogP contribution in [0.2, 0.25) is 0 Å². The second-order valence-corrected chi connectivity index (χ2v) is 6.03. The van der Waals surface area contributed by atoms with Crippen molar-refractivity contribution in [3.63, 3.8) is 0 Å². The highest BCUT2D eigenvalue weighted by molar-refractivity contribution is 5.91. The lowest BCUT2D eigenvalue weighted by atomic mass is 10.1. The number of carbonyl (C=O) groups excluding carboxylic acids is 1. The summed E-state index contributed by atoms with van der Waals surface area (Å²) in [6.07, 6.45) is 3.38. The minimum atomic E-state index is -0.122. The van der Waals surface area contributed by atoms with Gasteiger partial charge in [0.25, 0.3) is 5.56 Å². The van der Waals surface area contributed by atoms with E-state index in [9.17, 15) is 9.59 Å². The Balaban J connectivity index is 1.62. The number of rotatable bonds is 5. The number of nitrogens with zero attached hydrogens (tertiary/aromatic N) is 5. The van der Waals surface area contributed by atoms with E-state index in [0.717, 1.165) is 43.0 Å². The summed E-state index contributed by atoms with van der Waals surface area (Å²) in [5.74, 6) is 0.642. The second kappa shape index (κ2) is 6.96. The molecule has 2 aromatic rings. The van der Waals surface area contributed by atoms with Crippen LogP contribution in [0.5, 0.6) is 0 Å². The van der Waals surface area contributed by atoms with E-state index in [-0.39, 0.29) is 18.0 Å². The topological polar surface area (TPSA) is 85.1 Å². The van der Waals surface area contributed by atoms with Crippen molar-refractivity contribution in [1.29, 1.82) is 0 Å². The molecule has 3 rings (SSSR count). The van der Waals surface area contributed by atoms with E-state index in [4.69, 9.17) is 0 Å². The van der Waals surface area contributed by atoms with Gasteiger partial charge in [-0.2, -0.15) is 10.2 Å². The third-order valence-corrected chi connectivity index (χ3v) is 4.10. The number of aromatic nitrogens is 4. The molecule has 0 unspecified atom stereocenters. The van der Waals surface area contributed by atoms with Crippen LogP contribution < -0.4 is 10.9 Å². The first-order valence-electron chi connectivity index (χ1n) is 8.17. The number of anilines is 1. The highest BCUT2D eigenvalue weighted by atomic mass is 16.2. The van der Waals surface area contributed by atoms with E-state index in [0.29, 0.717) is 6.54 Å². The third-order valence-electron chi connectivity index (χ3n) is 4.10. The maximum atomic E-state index is 12.3. The number of amides is 1. The minimum absolute atomic E-state index is 0.0758. The van der Waals surface area contributed by atoms with Crippen molar-refractivity contribution >= 4 is 11.7 Å². The zero-order valence-corrected chi connectivity index (χ0v) is 14.0. The van der Waals surface area contributed by atoms with Crippen molar-refractivity contribution in [2.24, 2.45) is 7.05 Å². The van der Waals surface area contributed by atoms with Gasteiger partial charge in [0.2, 0.25) is 5.91 Å². The number of fused-ring (bicyclic) bond motifs is 1. The molecule has 128 valence electrons. The number of aryl methyl sites for hydroxylation is 2. The van der Waals surface area contributed by atoms with Gasteiger partial charge in [0, 0.05) is 45.2 Å². The standard InChI is InChI=1S/C16H22N6O2/c1-3-7-22-14(4-6-17-22)18-15(23)11-21-8-5-13-12(10-21)9-16(24)20(2)19-13/h4,6,9H,3,5,7-8,10-11H2,1-2H3,(H,18,23). The number of hydrogen-bond acceptors (Lipinski definition) is 5. The fraction of sp³-hybridized carbons (Fsp3) is 0.500. The summed E-state index contributed by atoms with van der Waals surface area (Å²) in [6.45, 7) is 4.44. The van der Waals surface area contributed by atoms with Gasteiger partial charge in [-0.1, -0.05) is 6.92 Å². The molecular weight excluding hydrogens is 308 g/mol. The van der Waals surface area contributed by atoms with Gasteiger partial charge >= 0.3 is 0 Å². The second-order valence-electron chi connectivity index (χ2n) is 6.03. The summed E-state index contributed by atoms with van der Waals surface area (Å²) in [7, 11) is 1.65. The Morgan fingerprint density at radius 3 is 3.04 bits per heavy atom. The molecule has 0 saturated carbocycles. The van der Waals surface area contributed by atoms with Crippen molar-refractivity contribution in [2.75, 3.05) is 18.4 Å². The van der Waals surface area contributed by atoms with Gasteiger partial charge in [-0.15, -0.1) is 0 Å². The van der Waals surface area contributed by atoms with Crippen molar-refractivity contribution in [1.82, 2.24) is 24.5 Å². The largest absolute Gasteiger partial charge is 0.310 e. The summed E-state index contributed by atoms with van der Waals surface area (Å²) < 4.78 is 3.15. The van der Waals surface area contributed by atoms with Crippen LogP contribution in [-0.2, 0) is 31.4 Å². The Bertz CT molecular complexity index is 794. The molecule has 0 aromatic carbocycles. The summed E-state index contributed by atoms with van der Waals surface area (Å²) in [4.78, 5) is 26.0. The molecule has 3 heterocycles. The SMILES string of the molecule is CCCn1nccc1NC(=O)CN1CCc2nn(C)c(=O)cc2C1. The Hall–Kier alpha value is -2.48. The molecular formula is C16H22N6O2. The molecule has 0 bridgehead atoms. The Labute approximate surface area is 140 Å². The van der Waals surface area contributed by atoms with E-state index in [1.54, 1.807) is 30.1 Å². The zero-order valence-electron chi connectivity index (χ0n) is 14.0. The van der Waals surface area contributed by atoms with Crippen LogP contribution in [0.25, 0.3) is 0 Å². The monoisotopic (exact) mass is 330 g/mol. The van der Waals surface area contributed by atoms with E-state index in [1.165, 1.54) is 4.68 Å². The van der Waals surface area contributed by atoms with Gasteiger partial charge in [0.15, 0.2) is 0 Å². The Morgan fingerprint density at radius 1 is 1.42 bits per heavy atom. The van der Waals surface area contributed by atoms with Crippen molar-refractivity contribution in [2.45, 2.75) is 32.9 Å². The van der Waals surface area contributed by atoms with Crippen LogP contribution in [0.3, 0.4) is 0 Å². The molecule has 1 aliphatic rings. The Morgan fingerprint density at radius 2 is 2.25 bits per heavy atom. The number of hydrogen-bond donors (Lipinski definition) is 1. The number of nitrogens with one attached hydrogen (secondary N) is 1. The maximum Gasteiger partial charge on any atom is 0.266 e. The molecule has 0 aliphatic carbocycles. The van der Waals surface area contributed by atoms with Crippen LogP contribution in [0.4, 0.5) is 5.82 Å². The summed E-state index contributed by atoms with van der Waals surface area (Å²) in [5, 5.41) is 11.4. The van der Waals surface area contributed by atoms with E-state index in [1.807, 2.05) is 4.90 Å². The molecule has 0 fully saturated rings. The highest BCUT2D eigenvalue weighted by Crippen LogP contribution is 2.15. The quantitative estimate of drug-likeness (QED) is 0.857. The highest BCUT2D eigenvalue weighted by Gasteiger charge is 2.21. The molecule has 1 aliphatic heterocycles. The first kappa shape index (κ1) is 16.4. The minimum Gasteiger partial charge on any atom is -0.310 e. The van der Waals surface area contributed by atoms with Gasteiger partial charge in [-0.25, -0.2) is 9.36 Å². The lowest BCUT2D eigenvalue weighted by molar-refractivity contribution is -0.117. The van der Waals surface area contributed by atoms with Crippen LogP contribution in [0.15, 0.2) is 23.1 Å². The molecule has 0 radical (unpaired) electrons. The molecule has 8 heteroatoms.